The standard InChI is InChI=1S/C13H14Cl3NO/c1-8-7-17(3-2-12(8)16)13(18)9-4-10(14)6-11(15)5-9/h4-6,8,12H,2-3,7H2,1H3. The van der Waals surface area contributed by atoms with Crippen LogP contribution in [-0.2, 0) is 0 Å². The zero-order valence-corrected chi connectivity index (χ0v) is 12.3. The number of hydrogen-bond donors (Lipinski definition) is 0. The first kappa shape index (κ1) is 14.0. The van der Waals surface area contributed by atoms with Gasteiger partial charge in [0.15, 0.2) is 0 Å². The normalized spacial score (nSPS) is 24.1. The van der Waals surface area contributed by atoms with Crippen molar-refractivity contribution < 1.29 is 4.79 Å². The molecule has 0 radical (unpaired) electrons. The molecule has 2 atom stereocenters. The maximum Gasteiger partial charge on any atom is 0.253 e. The Hall–Kier alpha value is -0.440. The molecule has 1 heterocycles. The number of carbonyl (C=O) groups is 1. The van der Waals surface area contributed by atoms with E-state index in [1.54, 1.807) is 18.2 Å². The van der Waals surface area contributed by atoms with Gasteiger partial charge in [-0.2, -0.15) is 0 Å². The van der Waals surface area contributed by atoms with E-state index in [1.165, 1.54) is 0 Å². The number of rotatable bonds is 1. The van der Waals surface area contributed by atoms with Gasteiger partial charge in [0.25, 0.3) is 5.91 Å². The molecule has 1 saturated heterocycles. The van der Waals surface area contributed by atoms with Crippen LogP contribution < -0.4 is 0 Å². The second kappa shape index (κ2) is 5.68. The summed E-state index contributed by atoms with van der Waals surface area (Å²) in [5.74, 6) is 0.272. The summed E-state index contributed by atoms with van der Waals surface area (Å²) in [7, 11) is 0. The molecule has 98 valence electrons. The quantitative estimate of drug-likeness (QED) is 0.716. The fourth-order valence-corrected chi connectivity index (χ4v) is 2.86. The molecule has 0 saturated carbocycles. The third kappa shape index (κ3) is 3.11. The third-order valence-corrected chi connectivity index (χ3v) is 4.28. The van der Waals surface area contributed by atoms with E-state index in [9.17, 15) is 4.79 Å². The van der Waals surface area contributed by atoms with Gasteiger partial charge in [-0.15, -0.1) is 11.6 Å². The lowest BCUT2D eigenvalue weighted by Crippen LogP contribution is -2.43. The molecule has 1 aliphatic heterocycles. The Balaban J connectivity index is 2.16. The Bertz CT molecular complexity index is 443. The molecule has 0 spiro atoms. The van der Waals surface area contributed by atoms with E-state index in [2.05, 4.69) is 6.92 Å². The molecular weight excluding hydrogens is 293 g/mol. The average Bonchev–Trinajstić information content (AvgIpc) is 2.30. The molecule has 1 aliphatic rings. The number of likely N-dealkylation sites (tertiary alicyclic amines) is 1. The fraction of sp³-hybridized carbons (Fsp3) is 0.462. The first-order chi connectivity index (χ1) is 8.47. The maximum absolute atomic E-state index is 12.3. The smallest absolute Gasteiger partial charge is 0.253 e. The van der Waals surface area contributed by atoms with Gasteiger partial charge in [-0.1, -0.05) is 30.1 Å². The van der Waals surface area contributed by atoms with Crippen molar-refractivity contribution in [3.05, 3.63) is 33.8 Å². The number of carbonyl (C=O) groups excluding carboxylic acids is 1. The van der Waals surface area contributed by atoms with E-state index >= 15 is 0 Å². The van der Waals surface area contributed by atoms with Crippen LogP contribution in [-0.4, -0.2) is 29.3 Å². The molecule has 18 heavy (non-hydrogen) atoms. The topological polar surface area (TPSA) is 20.3 Å². The van der Waals surface area contributed by atoms with E-state index in [1.807, 2.05) is 4.90 Å². The van der Waals surface area contributed by atoms with Gasteiger partial charge in [0.2, 0.25) is 0 Å². The summed E-state index contributed by atoms with van der Waals surface area (Å²) < 4.78 is 0. The summed E-state index contributed by atoms with van der Waals surface area (Å²) in [6, 6.07) is 4.91. The van der Waals surface area contributed by atoms with Crippen molar-refractivity contribution in [1.82, 2.24) is 4.90 Å². The van der Waals surface area contributed by atoms with Crippen LogP contribution in [0, 0.1) is 5.92 Å². The van der Waals surface area contributed by atoms with Crippen LogP contribution in [0.4, 0.5) is 0 Å². The molecule has 1 aromatic carbocycles. The van der Waals surface area contributed by atoms with Gasteiger partial charge >= 0.3 is 0 Å². The number of halogens is 3. The number of benzene rings is 1. The maximum atomic E-state index is 12.3. The van der Waals surface area contributed by atoms with Crippen molar-refractivity contribution in [3.8, 4) is 0 Å². The van der Waals surface area contributed by atoms with E-state index in [0.717, 1.165) is 6.42 Å². The predicted molar refractivity (Wildman–Crippen MR) is 75.8 cm³/mol. The van der Waals surface area contributed by atoms with Crippen molar-refractivity contribution in [1.29, 1.82) is 0 Å². The van der Waals surface area contributed by atoms with Crippen LogP contribution in [0.25, 0.3) is 0 Å². The van der Waals surface area contributed by atoms with Crippen molar-refractivity contribution in [3.63, 3.8) is 0 Å². The summed E-state index contributed by atoms with van der Waals surface area (Å²) >= 11 is 18.0. The molecule has 1 fully saturated rings. The minimum absolute atomic E-state index is 0.0326. The van der Waals surface area contributed by atoms with E-state index in [0.29, 0.717) is 34.6 Å². The van der Waals surface area contributed by atoms with Crippen LogP contribution >= 0.6 is 34.8 Å². The van der Waals surface area contributed by atoms with Gasteiger partial charge in [-0.25, -0.2) is 0 Å². The number of piperidine rings is 1. The van der Waals surface area contributed by atoms with Gasteiger partial charge in [0.05, 0.1) is 0 Å². The second-order valence-corrected chi connectivity index (χ2v) is 6.12. The van der Waals surface area contributed by atoms with Crippen LogP contribution in [0.15, 0.2) is 18.2 Å². The summed E-state index contributed by atoms with van der Waals surface area (Å²) in [5.41, 5.74) is 0.535. The van der Waals surface area contributed by atoms with Crippen molar-refractivity contribution >= 4 is 40.7 Å². The zero-order valence-electron chi connectivity index (χ0n) is 10.00. The lowest BCUT2D eigenvalue weighted by molar-refractivity contribution is 0.0687. The third-order valence-electron chi connectivity index (χ3n) is 3.20. The fourth-order valence-electron chi connectivity index (χ4n) is 2.16. The SMILES string of the molecule is CC1CN(C(=O)c2cc(Cl)cc(Cl)c2)CCC1Cl. The van der Waals surface area contributed by atoms with Gasteiger partial charge in [-0.3, -0.25) is 4.79 Å². The Morgan fingerprint density at radius 3 is 2.44 bits per heavy atom. The van der Waals surface area contributed by atoms with E-state index in [-0.39, 0.29) is 11.3 Å². The van der Waals surface area contributed by atoms with Crippen LogP contribution in [0.1, 0.15) is 23.7 Å². The highest BCUT2D eigenvalue weighted by molar-refractivity contribution is 6.35. The zero-order chi connectivity index (χ0) is 13.3. The number of alkyl halides is 1. The minimum atomic E-state index is -0.0326. The molecule has 2 rings (SSSR count). The van der Waals surface area contributed by atoms with Crippen LogP contribution in [0.5, 0.6) is 0 Å². The average molecular weight is 307 g/mol. The lowest BCUT2D eigenvalue weighted by atomic mass is 9.99. The van der Waals surface area contributed by atoms with E-state index in [4.69, 9.17) is 34.8 Å². The highest BCUT2D eigenvalue weighted by Crippen LogP contribution is 2.25. The van der Waals surface area contributed by atoms with E-state index < -0.39 is 0 Å². The summed E-state index contributed by atoms with van der Waals surface area (Å²) in [6.07, 6.45) is 0.822. The number of hydrogen-bond acceptors (Lipinski definition) is 1. The van der Waals surface area contributed by atoms with Crippen LogP contribution in [0.2, 0.25) is 10.0 Å². The summed E-state index contributed by atoms with van der Waals surface area (Å²) in [4.78, 5) is 14.1. The lowest BCUT2D eigenvalue weighted by Gasteiger charge is -2.34. The van der Waals surface area contributed by atoms with Crippen molar-refractivity contribution in [2.45, 2.75) is 18.7 Å². The van der Waals surface area contributed by atoms with Crippen LogP contribution in [0.3, 0.4) is 0 Å². The largest absolute Gasteiger partial charge is 0.338 e. The number of amides is 1. The molecule has 0 aliphatic carbocycles. The van der Waals surface area contributed by atoms with Gasteiger partial charge < -0.3 is 4.90 Å². The Morgan fingerprint density at radius 1 is 1.28 bits per heavy atom. The second-order valence-electron chi connectivity index (χ2n) is 4.69. The molecule has 1 amide bonds. The first-order valence-corrected chi connectivity index (χ1v) is 7.06. The molecular formula is C13H14Cl3NO. The molecule has 0 N–H and O–H groups in total. The van der Waals surface area contributed by atoms with Gasteiger partial charge in [-0.05, 0) is 30.5 Å². The molecule has 5 heteroatoms. The Morgan fingerprint density at radius 2 is 1.89 bits per heavy atom. The highest BCUT2D eigenvalue weighted by Gasteiger charge is 2.27. The monoisotopic (exact) mass is 305 g/mol. The summed E-state index contributed by atoms with van der Waals surface area (Å²) in [6.45, 7) is 3.42. The van der Waals surface area contributed by atoms with Crippen molar-refractivity contribution in [2.75, 3.05) is 13.1 Å². The van der Waals surface area contributed by atoms with Crippen molar-refractivity contribution in [2.24, 2.45) is 5.92 Å². The Kier molecular flexibility index (Phi) is 4.41. The molecule has 1 aromatic rings. The van der Waals surface area contributed by atoms with Gasteiger partial charge in [0, 0.05) is 34.1 Å². The first-order valence-electron chi connectivity index (χ1n) is 5.87. The molecule has 2 unspecified atom stereocenters. The molecule has 0 aromatic heterocycles. The minimum Gasteiger partial charge on any atom is -0.338 e. The predicted octanol–water partition coefficient (Wildman–Crippen LogP) is 4.08. The summed E-state index contributed by atoms with van der Waals surface area (Å²) in [5, 5.41) is 1.11. The highest BCUT2D eigenvalue weighted by atomic mass is 35.5. The molecule has 2 nitrogen and oxygen atoms in total. The number of nitrogens with zero attached hydrogens (tertiary/aromatic N) is 1. The van der Waals surface area contributed by atoms with Gasteiger partial charge in [0.1, 0.15) is 0 Å². The molecule has 0 bridgehead atoms. The Labute approximate surface area is 122 Å².